The van der Waals surface area contributed by atoms with Gasteiger partial charge in [0.1, 0.15) is 5.25 Å². The molecular formula is C31H30B60BrF3MgO4S3. The molecule has 4 nitrogen and oxygen atoms in total. The van der Waals surface area contributed by atoms with Gasteiger partial charge in [0.05, 0.1) is 21.7 Å². The first-order valence-electron chi connectivity index (χ1n) is 31.8. The molecule has 4 aromatic carbocycles. The summed E-state index contributed by atoms with van der Waals surface area (Å²) in [6.07, 6.45) is -11.9. The summed E-state index contributed by atoms with van der Waals surface area (Å²) in [6, 6.07) is 40.9. The van der Waals surface area contributed by atoms with Gasteiger partial charge < -0.3 is 28.0 Å². The Morgan fingerprint density at radius 1 is 0.398 bits per heavy atom. The Balaban J connectivity index is -0.00000117. The number of hydrogen-bond acceptors (Lipinski definition) is 4. The standard InChI is InChI=1S/C15H15S.C12H10OS.C3H5.CHF3O3S.B21.B20.B19.BrH.Mg/c1-3-7-13(8-4-1)16(15-11-12-15)14-9-5-2-6-10-14;13-14(11-7-3-1-4-8-11)12-9-5-2-6-10-12;1-2-3-1;2-1(3,4)8(5,6)7;1-12-18(13(2)3)21(19(14(4)5)15(6)7)20(16(8)9)17(10)11;1-12(2)17(11)20(18(13(3)4)14(5)6)19(15(7)8)16(9)10;1-11-16(10)19(17(12(2)3)13(4)5)18(14(6)7)15(8)9;;/h1-10,15H,11-12H2;1-10H;1H,2-3H2;(H,5,6,7);;;;1H;/q+1;;-1;;;;;;+2/p-2. The van der Waals surface area contributed by atoms with Gasteiger partial charge in [0.25, 0.3) is 0 Å². The van der Waals surface area contributed by atoms with Crippen LogP contribution < -0.4 is 17.0 Å². The minimum atomic E-state index is -6.09. The first-order valence-corrected chi connectivity index (χ1v) is 35.6. The van der Waals surface area contributed by atoms with E-state index in [0.717, 1.165) is 15.0 Å². The van der Waals surface area contributed by atoms with Crippen LogP contribution in [0.2, 0.25) is 0 Å². The van der Waals surface area contributed by atoms with E-state index < -0.39 is 192 Å². The molecule has 0 N–H and O–H groups in total. The van der Waals surface area contributed by atoms with Crippen molar-refractivity contribution in [1.29, 1.82) is 0 Å². The number of rotatable bonds is 30. The van der Waals surface area contributed by atoms with Crippen LogP contribution in [0, 0.1) is 6.42 Å². The maximum atomic E-state index is 12.0. The van der Waals surface area contributed by atoms with Gasteiger partial charge in [-0.2, -0.15) is 13.2 Å². The maximum Gasteiger partial charge on any atom is 2.00 e. The fourth-order valence-electron chi connectivity index (χ4n) is 11.0. The van der Waals surface area contributed by atoms with Crippen LogP contribution in [0.15, 0.2) is 141 Å². The molecule has 0 unspecified atom stereocenters. The van der Waals surface area contributed by atoms with Crippen molar-refractivity contribution in [3.8, 4) is 0 Å². The van der Waals surface area contributed by atoms with Gasteiger partial charge in [-0.25, -0.2) is 25.5 Å². The van der Waals surface area contributed by atoms with E-state index in [4.69, 9.17) is 261 Å². The molecule has 0 aromatic heterocycles. The molecule has 66 radical (unpaired) electrons. The average Bonchev–Trinajstić information content (AvgIpc) is 1.79. The number of alkyl halides is 3. The van der Waals surface area contributed by atoms with Crippen molar-refractivity contribution in [2.75, 3.05) is 0 Å². The molecule has 2 aliphatic carbocycles. The van der Waals surface area contributed by atoms with E-state index in [9.17, 15) is 17.4 Å². The summed E-state index contributed by atoms with van der Waals surface area (Å²) in [7, 11) is 179. The van der Waals surface area contributed by atoms with Crippen molar-refractivity contribution >= 4 is 483 Å². The minimum Gasteiger partial charge on any atom is -1.00 e. The van der Waals surface area contributed by atoms with Gasteiger partial charge in [-0.05, 0) is 48.5 Å². The van der Waals surface area contributed by atoms with E-state index in [0.29, 0.717) is 10.9 Å². The predicted molar refractivity (Wildman–Crippen MR) is 508 cm³/mol. The van der Waals surface area contributed by atoms with Crippen molar-refractivity contribution in [3.05, 3.63) is 128 Å². The van der Waals surface area contributed by atoms with E-state index in [-0.39, 0.29) is 40.0 Å². The fourth-order valence-corrected chi connectivity index (χ4v) is 14.6. The Morgan fingerprint density at radius 2 is 0.631 bits per heavy atom. The smallest absolute Gasteiger partial charge is 1.00 e. The molecular weight excluding hydrogens is 1340 g/mol. The van der Waals surface area contributed by atoms with Crippen molar-refractivity contribution in [2.45, 2.75) is 56.0 Å². The van der Waals surface area contributed by atoms with Gasteiger partial charge in [0, 0.05) is 450 Å². The van der Waals surface area contributed by atoms with Gasteiger partial charge in [0.15, 0.2) is 19.9 Å². The monoisotopic (exact) mass is 1380 g/mol. The number of benzene rings is 4. The molecule has 2 saturated carbocycles. The van der Waals surface area contributed by atoms with Crippen molar-refractivity contribution in [3.63, 3.8) is 0 Å². The van der Waals surface area contributed by atoms with Crippen LogP contribution in [0.4, 0.5) is 13.2 Å². The van der Waals surface area contributed by atoms with Gasteiger partial charge >= 0.3 is 28.6 Å². The van der Waals surface area contributed by atoms with Gasteiger partial charge in [-0.3, -0.25) is 0 Å². The predicted octanol–water partition coefficient (Wildman–Crippen LogP) is -18.5. The summed E-state index contributed by atoms with van der Waals surface area (Å²) in [6.45, 7) is 0. The summed E-state index contributed by atoms with van der Waals surface area (Å²) >= 11 is 0. The van der Waals surface area contributed by atoms with Crippen molar-refractivity contribution in [1.82, 2.24) is 0 Å². The third-order valence-electron chi connectivity index (χ3n) is 16.0. The molecule has 4 aromatic rings. The first-order chi connectivity index (χ1) is 46.8. The summed E-state index contributed by atoms with van der Waals surface area (Å²) < 4.78 is 70.9. The quantitative estimate of drug-likeness (QED) is 0.0171. The summed E-state index contributed by atoms with van der Waals surface area (Å²) in [5.74, 6) is 0. The zero-order valence-electron chi connectivity index (χ0n) is 57.7. The van der Waals surface area contributed by atoms with Crippen LogP contribution in [-0.4, -0.2) is 479 Å². The molecule has 0 amide bonds. The van der Waals surface area contributed by atoms with Crippen LogP contribution in [0.1, 0.15) is 25.7 Å². The average molecular weight is 1370 g/mol. The van der Waals surface area contributed by atoms with E-state index in [1.807, 2.05) is 60.7 Å². The van der Waals surface area contributed by atoms with E-state index in [2.05, 4.69) is 67.1 Å². The molecule has 103 heavy (non-hydrogen) atoms. The van der Waals surface area contributed by atoms with Crippen molar-refractivity contribution in [2.24, 2.45) is 0 Å². The van der Waals surface area contributed by atoms with Crippen LogP contribution in [0.25, 0.3) is 0 Å². The van der Waals surface area contributed by atoms with Crippen molar-refractivity contribution < 1.29 is 47.3 Å². The normalized spacial score (nSPS) is 10.9. The molecule has 6 rings (SSSR count). The summed E-state index contributed by atoms with van der Waals surface area (Å²) in [5, 5.41) is 0.893. The molecule has 72 heteroatoms. The van der Waals surface area contributed by atoms with E-state index in [1.165, 1.54) is 49.6 Å². The summed E-state index contributed by atoms with van der Waals surface area (Å²) in [5.41, 5.74) is -5.65. The minimum absolute atomic E-state index is 0. The molecule has 0 aliphatic heterocycles. The Kier molecular flexibility index (Phi) is 60.0. The fraction of sp³-hybridized carbons (Fsp3) is 0.194. The third-order valence-corrected chi connectivity index (χ3v) is 20.7. The van der Waals surface area contributed by atoms with E-state index in [1.54, 1.807) is 0 Å². The Labute approximate surface area is 706 Å². The molecule has 2 fully saturated rings. The molecule has 0 bridgehead atoms. The Bertz CT molecular complexity index is 2710. The SMILES string of the molecule is O=S(=O)([O-])C(F)(F)F.O=S(c1ccccc1)c1ccccc1.[B]B([B])B([B])B(B(B([B])[B])B([B])[B])B(B([B])[B])B([B])[B].[B][B]B(B([B])[B])B(B(B([B])[B])B([B])[B])B(B([B])[B])B([B])[B].[B][B]B([B])B(B(B([B])[B])B([B])[B])B(B([B])[B])B([B])[B].[Br-].[CH-]1CC1.[Mg+2].c1ccc([S+](c2ccccc2)C2CC2)cc1. The molecule has 0 spiro atoms. The Morgan fingerprint density at radius 3 is 0.816 bits per heavy atom. The van der Waals surface area contributed by atoms with Gasteiger partial charge in [-0.1, -0.05) is 72.8 Å². The zero-order valence-corrected chi connectivity index (χ0v) is 63.2. The second kappa shape index (κ2) is 56.5. The second-order valence-electron chi connectivity index (χ2n) is 24.2. The Hall–Kier alpha value is 2.22. The van der Waals surface area contributed by atoms with Gasteiger partial charge in [-0.15, -0.1) is 0 Å². The third kappa shape index (κ3) is 40.9. The van der Waals surface area contributed by atoms with Crippen LogP contribution in [0.3, 0.4) is 0 Å². The second-order valence-corrected chi connectivity index (χ2v) is 29.4. The molecule has 0 atom stereocenters. The number of hydrogen-bond donors (Lipinski definition) is 0. The van der Waals surface area contributed by atoms with E-state index >= 15 is 0 Å². The molecule has 0 saturated heterocycles. The largest absolute Gasteiger partial charge is 2.00 e. The molecule has 2 aliphatic rings. The topological polar surface area (TPSA) is 74.3 Å². The van der Waals surface area contributed by atoms with Crippen LogP contribution in [0.5, 0.6) is 0 Å². The molecule has 0 heterocycles. The van der Waals surface area contributed by atoms with Crippen LogP contribution in [-0.2, 0) is 31.8 Å². The maximum absolute atomic E-state index is 12.0. The first kappa shape index (κ1) is 109. The number of halogens is 4. The van der Waals surface area contributed by atoms with Crippen LogP contribution >= 0.6 is 0 Å². The summed E-state index contributed by atoms with van der Waals surface area (Å²) in [4.78, 5) is 4.69. The van der Waals surface area contributed by atoms with Gasteiger partial charge in [0.2, 0.25) is 0 Å². The molecule has 406 valence electrons. The zero-order chi connectivity index (χ0) is 78.1.